The van der Waals surface area contributed by atoms with E-state index < -0.39 is 27.2 Å². The van der Waals surface area contributed by atoms with Gasteiger partial charge in [-0.3, -0.25) is 4.79 Å². The van der Waals surface area contributed by atoms with Crippen molar-refractivity contribution in [2.45, 2.75) is 62.2 Å². The topological polar surface area (TPSA) is 66.5 Å². The molecule has 1 aliphatic heterocycles. The molecule has 0 bridgehead atoms. The number of nitrogens with one attached hydrogen (secondary N) is 1. The summed E-state index contributed by atoms with van der Waals surface area (Å²) in [6.45, 7) is 2.70. The van der Waals surface area contributed by atoms with E-state index in [2.05, 4.69) is 4.72 Å². The number of hydrogen-bond acceptors (Lipinski definition) is 3. The number of amides is 1. The molecule has 5 nitrogen and oxygen atoms in total. The molecule has 33 heavy (non-hydrogen) atoms. The first-order valence-electron chi connectivity index (χ1n) is 11.1. The molecule has 1 heterocycles. The summed E-state index contributed by atoms with van der Waals surface area (Å²) in [5.74, 6) is 0.128. The highest BCUT2D eigenvalue weighted by atomic mass is 32.2. The molecule has 2 aliphatic rings. The molecule has 0 unspecified atom stereocenters. The molecule has 2 aromatic carbocycles. The Morgan fingerprint density at radius 1 is 1.00 bits per heavy atom. The summed E-state index contributed by atoms with van der Waals surface area (Å²) in [5, 5.41) is 0. The minimum atomic E-state index is -4.52. The number of alkyl halides is 3. The summed E-state index contributed by atoms with van der Waals surface area (Å²) in [6, 6.07) is 13.0. The van der Waals surface area contributed by atoms with Crippen molar-refractivity contribution in [3.05, 3.63) is 65.7 Å². The van der Waals surface area contributed by atoms with Crippen LogP contribution in [0.4, 0.5) is 13.2 Å². The number of halogens is 3. The van der Waals surface area contributed by atoms with E-state index in [0.717, 1.165) is 36.2 Å². The summed E-state index contributed by atoms with van der Waals surface area (Å²) in [5.41, 5.74) is -0.268. The third kappa shape index (κ3) is 4.80. The largest absolute Gasteiger partial charge is 0.416 e. The van der Waals surface area contributed by atoms with Crippen molar-refractivity contribution in [1.82, 2.24) is 9.62 Å². The molecule has 1 atom stereocenters. The van der Waals surface area contributed by atoms with Crippen molar-refractivity contribution in [3.63, 3.8) is 0 Å². The quantitative estimate of drug-likeness (QED) is 0.662. The molecule has 178 valence electrons. The molecule has 0 radical (unpaired) electrons. The third-order valence-electron chi connectivity index (χ3n) is 7.05. The van der Waals surface area contributed by atoms with E-state index in [-0.39, 0.29) is 22.9 Å². The second-order valence-corrected chi connectivity index (χ2v) is 10.7. The zero-order valence-corrected chi connectivity index (χ0v) is 19.1. The van der Waals surface area contributed by atoms with Crippen LogP contribution in [-0.4, -0.2) is 31.8 Å². The number of nitrogens with zero attached hydrogens (tertiary/aromatic N) is 1. The number of carbonyl (C=O) groups excluding carboxylic acids is 1. The van der Waals surface area contributed by atoms with Crippen LogP contribution in [-0.2, 0) is 21.0 Å². The van der Waals surface area contributed by atoms with Crippen molar-refractivity contribution in [3.8, 4) is 0 Å². The van der Waals surface area contributed by atoms with Gasteiger partial charge in [0.2, 0.25) is 15.9 Å². The van der Waals surface area contributed by atoms with Gasteiger partial charge in [-0.1, -0.05) is 30.3 Å². The van der Waals surface area contributed by atoms with Crippen LogP contribution in [0.2, 0.25) is 0 Å². The van der Waals surface area contributed by atoms with Crippen LogP contribution in [0.25, 0.3) is 0 Å². The fourth-order valence-electron chi connectivity index (χ4n) is 4.99. The SMILES string of the molecule is C[C@H](c1ccccc1)N1CCC2(CCC(NS(=O)(=O)c3ccc(C(F)(F)F)cc3)CC2)C1=O. The number of sulfonamides is 1. The van der Waals surface area contributed by atoms with E-state index in [9.17, 15) is 26.4 Å². The Bertz CT molecular complexity index is 1090. The molecule has 1 aliphatic carbocycles. The van der Waals surface area contributed by atoms with Crippen LogP contribution in [0, 0.1) is 5.41 Å². The molecule has 1 amide bonds. The predicted octanol–water partition coefficient (Wildman–Crippen LogP) is 4.91. The Balaban J connectivity index is 1.38. The number of carbonyl (C=O) groups is 1. The summed E-state index contributed by atoms with van der Waals surface area (Å²) in [4.78, 5) is 15.0. The summed E-state index contributed by atoms with van der Waals surface area (Å²) in [7, 11) is -3.94. The standard InChI is InChI=1S/C24H27F3N2O3S/c1-17(18-5-3-2-4-6-18)29-16-15-23(22(29)30)13-11-20(12-14-23)28-33(31,32)21-9-7-19(8-10-21)24(25,26)27/h2-10,17,20,28H,11-16H2,1H3/t17-,20?,23?/m1/s1. The average molecular weight is 481 g/mol. The monoisotopic (exact) mass is 480 g/mol. The Morgan fingerprint density at radius 3 is 2.18 bits per heavy atom. The zero-order valence-electron chi connectivity index (χ0n) is 18.3. The Labute approximate surface area is 192 Å². The van der Waals surface area contributed by atoms with Crippen molar-refractivity contribution in [2.24, 2.45) is 5.41 Å². The first-order chi connectivity index (χ1) is 15.5. The van der Waals surface area contributed by atoms with Crippen LogP contribution in [0.15, 0.2) is 59.5 Å². The smallest absolute Gasteiger partial charge is 0.335 e. The van der Waals surface area contributed by atoms with E-state index >= 15 is 0 Å². The van der Waals surface area contributed by atoms with Crippen molar-refractivity contribution < 1.29 is 26.4 Å². The van der Waals surface area contributed by atoms with Gasteiger partial charge in [0.25, 0.3) is 0 Å². The number of rotatable bonds is 5. The average Bonchev–Trinajstić information content (AvgIpc) is 3.10. The number of benzene rings is 2. The molecule has 2 aromatic rings. The van der Waals surface area contributed by atoms with Crippen LogP contribution in [0.1, 0.15) is 56.2 Å². The van der Waals surface area contributed by atoms with Crippen LogP contribution >= 0.6 is 0 Å². The molecule has 2 fully saturated rings. The van der Waals surface area contributed by atoms with E-state index in [1.54, 1.807) is 0 Å². The maximum Gasteiger partial charge on any atom is 0.416 e. The first kappa shape index (κ1) is 23.8. The summed E-state index contributed by atoms with van der Waals surface area (Å²) in [6.07, 6.45) is -1.57. The molecule has 0 aromatic heterocycles. The molecule has 1 spiro atoms. The first-order valence-corrected chi connectivity index (χ1v) is 12.6. The Morgan fingerprint density at radius 2 is 1.61 bits per heavy atom. The lowest BCUT2D eigenvalue weighted by Gasteiger charge is -2.36. The highest BCUT2D eigenvalue weighted by Gasteiger charge is 2.49. The van der Waals surface area contributed by atoms with E-state index in [4.69, 9.17) is 0 Å². The van der Waals surface area contributed by atoms with Crippen molar-refractivity contribution in [2.75, 3.05) is 6.54 Å². The van der Waals surface area contributed by atoms with E-state index in [1.807, 2.05) is 42.2 Å². The lowest BCUT2D eigenvalue weighted by molar-refractivity contribution is -0.139. The fourth-order valence-corrected chi connectivity index (χ4v) is 6.30. The van der Waals surface area contributed by atoms with Gasteiger partial charge >= 0.3 is 6.18 Å². The van der Waals surface area contributed by atoms with Crippen molar-refractivity contribution >= 4 is 15.9 Å². The van der Waals surface area contributed by atoms with E-state index in [1.165, 1.54) is 0 Å². The van der Waals surface area contributed by atoms with Gasteiger partial charge < -0.3 is 4.90 Å². The summed E-state index contributed by atoms with van der Waals surface area (Å²) < 4.78 is 66.2. The lowest BCUT2D eigenvalue weighted by atomic mass is 9.71. The van der Waals surface area contributed by atoms with E-state index in [0.29, 0.717) is 32.2 Å². The molecule has 1 N–H and O–H groups in total. The van der Waals surface area contributed by atoms with Gasteiger partial charge in [-0.15, -0.1) is 0 Å². The second kappa shape index (κ2) is 8.76. The number of hydrogen-bond donors (Lipinski definition) is 1. The Hall–Kier alpha value is -2.39. The lowest BCUT2D eigenvalue weighted by Crippen LogP contribution is -2.44. The molecule has 1 saturated heterocycles. The molecular weight excluding hydrogens is 453 g/mol. The fraction of sp³-hybridized carbons (Fsp3) is 0.458. The van der Waals surface area contributed by atoms with Gasteiger partial charge in [0.1, 0.15) is 0 Å². The second-order valence-electron chi connectivity index (χ2n) is 9.03. The van der Waals surface area contributed by atoms with Crippen molar-refractivity contribution in [1.29, 1.82) is 0 Å². The minimum Gasteiger partial charge on any atom is -0.335 e. The molecule has 4 rings (SSSR count). The van der Waals surface area contributed by atoms with Gasteiger partial charge in [-0.2, -0.15) is 13.2 Å². The normalized spacial score (nSPS) is 24.9. The number of likely N-dealkylation sites (tertiary alicyclic amines) is 1. The van der Waals surface area contributed by atoms with Gasteiger partial charge in [0.05, 0.1) is 21.9 Å². The van der Waals surface area contributed by atoms with Gasteiger partial charge in [0, 0.05) is 12.6 Å². The maximum atomic E-state index is 13.3. The highest BCUT2D eigenvalue weighted by Crippen LogP contribution is 2.47. The van der Waals surface area contributed by atoms with Crippen LogP contribution < -0.4 is 4.72 Å². The van der Waals surface area contributed by atoms with Gasteiger partial charge in [-0.25, -0.2) is 13.1 Å². The molecule has 1 saturated carbocycles. The third-order valence-corrected chi connectivity index (χ3v) is 8.59. The van der Waals surface area contributed by atoms with Crippen LogP contribution in [0.3, 0.4) is 0 Å². The molecule has 9 heteroatoms. The Kier molecular flexibility index (Phi) is 6.30. The summed E-state index contributed by atoms with van der Waals surface area (Å²) >= 11 is 0. The predicted molar refractivity (Wildman–Crippen MR) is 118 cm³/mol. The van der Waals surface area contributed by atoms with Gasteiger partial charge in [-0.05, 0) is 68.9 Å². The minimum absolute atomic E-state index is 0.0195. The molecular formula is C24H27F3N2O3S. The van der Waals surface area contributed by atoms with Crippen LogP contribution in [0.5, 0.6) is 0 Å². The van der Waals surface area contributed by atoms with Gasteiger partial charge in [0.15, 0.2) is 0 Å². The zero-order chi connectivity index (χ0) is 23.9. The maximum absolute atomic E-state index is 13.3. The highest BCUT2D eigenvalue weighted by molar-refractivity contribution is 7.89.